The zero-order valence-corrected chi connectivity index (χ0v) is 14.8. The molecule has 0 radical (unpaired) electrons. The first-order valence-electron chi connectivity index (χ1n) is 7.88. The minimum atomic E-state index is -0.0656. The minimum Gasteiger partial charge on any atom is -0.337 e. The Kier molecular flexibility index (Phi) is 5.21. The highest BCUT2D eigenvalue weighted by molar-refractivity contribution is 6.43. The maximum absolute atomic E-state index is 12.6. The standard InChI is InChI=1S/C17H18Cl2N4O/c1-11-4-3-9-23(10-11)16(24)14-7-8-20-17(22-14)21-13-6-2-5-12(18)15(13)19/h2,5-8,11H,3-4,9-10H2,1H3,(H,20,21,22). The number of amides is 1. The van der Waals surface area contributed by atoms with Crippen LogP contribution in [-0.2, 0) is 0 Å². The zero-order chi connectivity index (χ0) is 17.1. The van der Waals surface area contributed by atoms with E-state index in [-0.39, 0.29) is 5.91 Å². The van der Waals surface area contributed by atoms with E-state index in [1.165, 1.54) is 0 Å². The van der Waals surface area contributed by atoms with Gasteiger partial charge < -0.3 is 10.2 Å². The summed E-state index contributed by atoms with van der Waals surface area (Å²) in [5, 5.41) is 3.84. The molecule has 3 rings (SSSR count). The van der Waals surface area contributed by atoms with Crippen molar-refractivity contribution in [2.45, 2.75) is 19.8 Å². The molecular weight excluding hydrogens is 347 g/mol. The number of anilines is 2. The molecule has 1 N–H and O–H groups in total. The second-order valence-electron chi connectivity index (χ2n) is 5.99. The highest BCUT2D eigenvalue weighted by atomic mass is 35.5. The molecule has 2 heterocycles. The summed E-state index contributed by atoms with van der Waals surface area (Å²) in [6, 6.07) is 6.89. The Morgan fingerprint density at radius 3 is 2.96 bits per heavy atom. The largest absolute Gasteiger partial charge is 0.337 e. The van der Waals surface area contributed by atoms with Crippen molar-refractivity contribution in [3.63, 3.8) is 0 Å². The molecule has 0 spiro atoms. The summed E-state index contributed by atoms with van der Waals surface area (Å²) in [4.78, 5) is 23.0. The molecule has 1 aliphatic heterocycles. The molecule has 1 unspecified atom stereocenters. The van der Waals surface area contributed by atoms with Crippen LogP contribution in [0.25, 0.3) is 0 Å². The van der Waals surface area contributed by atoms with Gasteiger partial charge in [0.15, 0.2) is 0 Å². The smallest absolute Gasteiger partial charge is 0.272 e. The SMILES string of the molecule is CC1CCCN(C(=O)c2ccnc(Nc3cccc(Cl)c3Cl)n2)C1. The van der Waals surface area contributed by atoms with E-state index in [4.69, 9.17) is 23.2 Å². The fourth-order valence-corrected chi connectivity index (χ4v) is 3.14. The number of nitrogens with zero attached hydrogens (tertiary/aromatic N) is 3. The van der Waals surface area contributed by atoms with Gasteiger partial charge in [0, 0.05) is 19.3 Å². The fraction of sp³-hybridized carbons (Fsp3) is 0.353. The van der Waals surface area contributed by atoms with Gasteiger partial charge in [-0.2, -0.15) is 0 Å². The van der Waals surface area contributed by atoms with E-state index in [0.29, 0.717) is 33.3 Å². The lowest BCUT2D eigenvalue weighted by atomic mass is 10.00. The molecule has 1 amide bonds. The van der Waals surface area contributed by atoms with Crippen LogP contribution in [0.2, 0.25) is 10.0 Å². The second kappa shape index (κ2) is 7.36. The van der Waals surface area contributed by atoms with Crippen LogP contribution in [0.1, 0.15) is 30.3 Å². The Bertz CT molecular complexity index is 753. The van der Waals surface area contributed by atoms with Crippen LogP contribution in [0.3, 0.4) is 0 Å². The Morgan fingerprint density at radius 1 is 1.33 bits per heavy atom. The lowest BCUT2D eigenvalue weighted by Crippen LogP contribution is -2.39. The van der Waals surface area contributed by atoms with Crippen LogP contribution in [0, 0.1) is 5.92 Å². The molecule has 24 heavy (non-hydrogen) atoms. The number of carbonyl (C=O) groups is 1. The van der Waals surface area contributed by atoms with Crippen LogP contribution in [-0.4, -0.2) is 33.9 Å². The molecule has 1 atom stereocenters. The van der Waals surface area contributed by atoms with Crippen LogP contribution in [0.15, 0.2) is 30.5 Å². The van der Waals surface area contributed by atoms with Crippen LogP contribution < -0.4 is 5.32 Å². The number of rotatable bonds is 3. The average Bonchev–Trinajstić information content (AvgIpc) is 2.58. The summed E-state index contributed by atoms with van der Waals surface area (Å²) in [5.41, 5.74) is 0.972. The third kappa shape index (κ3) is 3.79. The monoisotopic (exact) mass is 364 g/mol. The van der Waals surface area contributed by atoms with Crippen molar-refractivity contribution in [3.8, 4) is 0 Å². The molecule has 1 aliphatic rings. The number of likely N-dealkylation sites (tertiary alicyclic amines) is 1. The van der Waals surface area contributed by atoms with Gasteiger partial charge in [0.05, 0.1) is 15.7 Å². The topological polar surface area (TPSA) is 58.1 Å². The van der Waals surface area contributed by atoms with Gasteiger partial charge in [-0.05, 0) is 37.0 Å². The number of benzene rings is 1. The van der Waals surface area contributed by atoms with E-state index in [1.54, 1.807) is 30.5 Å². The molecule has 1 aromatic carbocycles. The highest BCUT2D eigenvalue weighted by Crippen LogP contribution is 2.30. The third-order valence-corrected chi connectivity index (χ3v) is 4.84. The van der Waals surface area contributed by atoms with Gasteiger partial charge in [0.25, 0.3) is 5.91 Å². The molecule has 1 aromatic heterocycles. The predicted octanol–water partition coefficient (Wildman–Crippen LogP) is 4.40. The Morgan fingerprint density at radius 2 is 2.17 bits per heavy atom. The third-order valence-electron chi connectivity index (χ3n) is 4.02. The quantitative estimate of drug-likeness (QED) is 0.876. The van der Waals surface area contributed by atoms with Gasteiger partial charge in [-0.25, -0.2) is 9.97 Å². The van der Waals surface area contributed by atoms with Gasteiger partial charge in [0.1, 0.15) is 5.69 Å². The number of aromatic nitrogens is 2. The average molecular weight is 365 g/mol. The number of halogens is 2. The van der Waals surface area contributed by atoms with Crippen molar-refractivity contribution in [1.82, 2.24) is 14.9 Å². The number of hydrogen-bond acceptors (Lipinski definition) is 4. The number of carbonyl (C=O) groups excluding carboxylic acids is 1. The lowest BCUT2D eigenvalue weighted by Gasteiger charge is -2.30. The summed E-state index contributed by atoms with van der Waals surface area (Å²) in [5.74, 6) is 0.770. The molecule has 126 valence electrons. The van der Waals surface area contributed by atoms with Gasteiger partial charge in [-0.15, -0.1) is 0 Å². The molecule has 2 aromatic rings. The summed E-state index contributed by atoms with van der Waals surface area (Å²) in [7, 11) is 0. The van der Waals surface area contributed by atoms with Gasteiger partial charge in [-0.3, -0.25) is 4.79 Å². The summed E-state index contributed by atoms with van der Waals surface area (Å²) < 4.78 is 0. The molecular formula is C17H18Cl2N4O. The van der Waals surface area contributed by atoms with E-state index in [2.05, 4.69) is 22.2 Å². The van der Waals surface area contributed by atoms with E-state index in [1.807, 2.05) is 4.90 Å². The number of nitrogens with one attached hydrogen (secondary N) is 1. The minimum absolute atomic E-state index is 0.0656. The van der Waals surface area contributed by atoms with Crippen LogP contribution >= 0.6 is 23.2 Å². The van der Waals surface area contributed by atoms with E-state index in [0.717, 1.165) is 25.9 Å². The van der Waals surface area contributed by atoms with Gasteiger partial charge in [0.2, 0.25) is 5.95 Å². The van der Waals surface area contributed by atoms with Crippen LogP contribution in [0.4, 0.5) is 11.6 Å². The van der Waals surface area contributed by atoms with Crippen molar-refractivity contribution in [2.75, 3.05) is 18.4 Å². The Balaban J connectivity index is 1.79. The number of piperidine rings is 1. The Labute approximate surface area is 151 Å². The summed E-state index contributed by atoms with van der Waals surface area (Å²) in [6.07, 6.45) is 3.75. The summed E-state index contributed by atoms with van der Waals surface area (Å²) >= 11 is 12.2. The first-order chi connectivity index (χ1) is 11.5. The van der Waals surface area contributed by atoms with Crippen molar-refractivity contribution >= 4 is 40.7 Å². The fourth-order valence-electron chi connectivity index (χ4n) is 2.79. The second-order valence-corrected chi connectivity index (χ2v) is 6.78. The van der Waals surface area contributed by atoms with Crippen LogP contribution in [0.5, 0.6) is 0 Å². The van der Waals surface area contributed by atoms with E-state index < -0.39 is 0 Å². The zero-order valence-electron chi connectivity index (χ0n) is 13.3. The van der Waals surface area contributed by atoms with E-state index >= 15 is 0 Å². The molecule has 0 saturated carbocycles. The first kappa shape index (κ1) is 17.0. The molecule has 0 aliphatic carbocycles. The van der Waals surface area contributed by atoms with Crippen molar-refractivity contribution < 1.29 is 4.79 Å². The number of hydrogen-bond donors (Lipinski definition) is 1. The maximum Gasteiger partial charge on any atom is 0.272 e. The first-order valence-corrected chi connectivity index (χ1v) is 8.63. The highest BCUT2D eigenvalue weighted by Gasteiger charge is 2.23. The Hall–Kier alpha value is -1.85. The van der Waals surface area contributed by atoms with Gasteiger partial charge >= 0.3 is 0 Å². The normalized spacial score (nSPS) is 17.6. The summed E-state index contributed by atoms with van der Waals surface area (Å²) in [6.45, 7) is 3.70. The lowest BCUT2D eigenvalue weighted by molar-refractivity contribution is 0.0677. The van der Waals surface area contributed by atoms with E-state index in [9.17, 15) is 4.79 Å². The maximum atomic E-state index is 12.6. The molecule has 0 bridgehead atoms. The van der Waals surface area contributed by atoms with Crippen molar-refractivity contribution in [3.05, 3.63) is 46.2 Å². The van der Waals surface area contributed by atoms with Crippen molar-refractivity contribution in [2.24, 2.45) is 5.92 Å². The van der Waals surface area contributed by atoms with Gasteiger partial charge in [-0.1, -0.05) is 36.2 Å². The molecule has 1 saturated heterocycles. The molecule has 1 fully saturated rings. The molecule has 5 nitrogen and oxygen atoms in total. The van der Waals surface area contributed by atoms with Crippen molar-refractivity contribution in [1.29, 1.82) is 0 Å². The predicted molar refractivity (Wildman–Crippen MR) is 96.1 cm³/mol. The molecule has 7 heteroatoms.